The average Bonchev–Trinajstić information content (AvgIpc) is 1.98. The van der Waals surface area contributed by atoms with Gasteiger partial charge in [-0.25, -0.2) is 0 Å². The largest absolute Gasteiger partial charge is 0.466 e. The number of hydrogen-bond acceptors (Lipinski definition) is 3. The van der Waals surface area contributed by atoms with E-state index in [0.29, 0.717) is 32.2 Å². The molecule has 12 heavy (non-hydrogen) atoms. The van der Waals surface area contributed by atoms with Gasteiger partial charge in [0.25, 0.3) is 0 Å². The molecular weight excluding hydrogens is 156 g/mol. The molecule has 0 radical (unpaired) electrons. The van der Waals surface area contributed by atoms with Crippen LogP contribution in [0.2, 0.25) is 0 Å². The minimum atomic E-state index is -0.179. The Labute approximate surface area is 74.0 Å². The van der Waals surface area contributed by atoms with Crippen molar-refractivity contribution < 1.29 is 14.3 Å². The van der Waals surface area contributed by atoms with Crippen LogP contribution in [0.3, 0.4) is 0 Å². The summed E-state index contributed by atoms with van der Waals surface area (Å²) in [4.78, 5) is 10.8. The Morgan fingerprint density at radius 1 is 1.42 bits per heavy atom. The molecule has 0 bridgehead atoms. The summed E-state index contributed by atoms with van der Waals surface area (Å²) in [5.41, 5.74) is 0. The van der Waals surface area contributed by atoms with Crippen molar-refractivity contribution >= 4 is 5.97 Å². The Kier molecular flexibility index (Phi) is 6.76. The summed E-state index contributed by atoms with van der Waals surface area (Å²) in [6.07, 6.45) is 0.362. The first kappa shape index (κ1) is 11.4. The topological polar surface area (TPSA) is 35.5 Å². The maximum atomic E-state index is 10.8. The van der Waals surface area contributed by atoms with E-state index >= 15 is 0 Å². The lowest BCUT2D eigenvalue weighted by Crippen LogP contribution is -2.10. The van der Waals surface area contributed by atoms with E-state index in [4.69, 9.17) is 9.47 Å². The van der Waals surface area contributed by atoms with Crippen molar-refractivity contribution in [3.8, 4) is 0 Å². The Balaban J connectivity index is 3.14. The summed E-state index contributed by atoms with van der Waals surface area (Å²) in [6.45, 7) is 7.57. The van der Waals surface area contributed by atoms with Crippen molar-refractivity contribution in [1.29, 1.82) is 0 Å². The standard InChI is InChI=1S/C9H18O3/c1-4-12-9(10)5-6-11-7-8(2)3/h8H,4-7H2,1-3H3. The second-order valence-corrected chi connectivity index (χ2v) is 3.02. The third-order valence-corrected chi connectivity index (χ3v) is 1.21. The third kappa shape index (κ3) is 7.54. The van der Waals surface area contributed by atoms with Gasteiger partial charge in [-0.1, -0.05) is 13.8 Å². The summed E-state index contributed by atoms with van der Waals surface area (Å²) >= 11 is 0. The van der Waals surface area contributed by atoms with Crippen LogP contribution in [-0.4, -0.2) is 25.8 Å². The SMILES string of the molecule is CCOC(=O)CCOCC(C)C. The molecule has 0 aromatic carbocycles. The number of rotatable bonds is 6. The highest BCUT2D eigenvalue weighted by Gasteiger charge is 2.01. The molecule has 0 unspecified atom stereocenters. The van der Waals surface area contributed by atoms with Gasteiger partial charge in [-0.05, 0) is 12.8 Å². The highest BCUT2D eigenvalue weighted by atomic mass is 16.5. The van der Waals surface area contributed by atoms with Gasteiger partial charge in [0.1, 0.15) is 0 Å². The van der Waals surface area contributed by atoms with Gasteiger partial charge in [-0.3, -0.25) is 4.79 Å². The molecule has 0 aliphatic carbocycles. The van der Waals surface area contributed by atoms with Gasteiger partial charge < -0.3 is 9.47 Å². The number of esters is 1. The fraction of sp³-hybridized carbons (Fsp3) is 0.889. The zero-order valence-electron chi connectivity index (χ0n) is 8.13. The summed E-state index contributed by atoms with van der Waals surface area (Å²) in [5, 5.41) is 0. The maximum absolute atomic E-state index is 10.8. The van der Waals surface area contributed by atoms with E-state index in [1.54, 1.807) is 6.92 Å². The molecule has 0 heterocycles. The van der Waals surface area contributed by atoms with Crippen molar-refractivity contribution in [2.45, 2.75) is 27.2 Å². The van der Waals surface area contributed by atoms with Crippen LogP contribution in [0.5, 0.6) is 0 Å². The van der Waals surface area contributed by atoms with E-state index in [2.05, 4.69) is 13.8 Å². The molecule has 0 aliphatic rings. The van der Waals surface area contributed by atoms with E-state index in [1.807, 2.05) is 0 Å². The van der Waals surface area contributed by atoms with E-state index in [-0.39, 0.29) is 5.97 Å². The molecule has 0 atom stereocenters. The van der Waals surface area contributed by atoms with E-state index in [0.717, 1.165) is 0 Å². The summed E-state index contributed by atoms with van der Waals surface area (Å²) in [7, 11) is 0. The van der Waals surface area contributed by atoms with Gasteiger partial charge in [0, 0.05) is 6.61 Å². The lowest BCUT2D eigenvalue weighted by Gasteiger charge is -2.05. The van der Waals surface area contributed by atoms with Crippen LogP contribution < -0.4 is 0 Å². The Bertz CT molecular complexity index is 121. The first-order chi connectivity index (χ1) is 5.66. The molecule has 0 aromatic rings. The van der Waals surface area contributed by atoms with Crippen molar-refractivity contribution in [1.82, 2.24) is 0 Å². The number of carbonyl (C=O) groups excluding carboxylic acids is 1. The van der Waals surface area contributed by atoms with Crippen molar-refractivity contribution in [2.75, 3.05) is 19.8 Å². The molecule has 3 nitrogen and oxygen atoms in total. The Morgan fingerprint density at radius 3 is 2.58 bits per heavy atom. The van der Waals surface area contributed by atoms with E-state index in [1.165, 1.54) is 0 Å². The molecule has 0 rings (SSSR count). The van der Waals surface area contributed by atoms with Crippen molar-refractivity contribution in [3.05, 3.63) is 0 Å². The predicted molar refractivity (Wildman–Crippen MR) is 46.9 cm³/mol. The Morgan fingerprint density at radius 2 is 2.08 bits per heavy atom. The maximum Gasteiger partial charge on any atom is 0.308 e. The third-order valence-electron chi connectivity index (χ3n) is 1.21. The van der Waals surface area contributed by atoms with Crippen LogP contribution in [0.25, 0.3) is 0 Å². The molecule has 0 spiro atoms. The Hall–Kier alpha value is -0.570. The monoisotopic (exact) mass is 174 g/mol. The van der Waals surface area contributed by atoms with Crippen LogP contribution in [0.15, 0.2) is 0 Å². The van der Waals surface area contributed by atoms with Gasteiger partial charge in [-0.15, -0.1) is 0 Å². The molecule has 0 fully saturated rings. The zero-order chi connectivity index (χ0) is 9.40. The van der Waals surface area contributed by atoms with E-state index in [9.17, 15) is 4.79 Å². The van der Waals surface area contributed by atoms with Crippen LogP contribution >= 0.6 is 0 Å². The van der Waals surface area contributed by atoms with Crippen LogP contribution in [0.4, 0.5) is 0 Å². The highest BCUT2D eigenvalue weighted by Crippen LogP contribution is 1.94. The summed E-state index contributed by atoms with van der Waals surface area (Å²) < 4.78 is 9.94. The smallest absolute Gasteiger partial charge is 0.308 e. The van der Waals surface area contributed by atoms with Gasteiger partial charge in [-0.2, -0.15) is 0 Å². The predicted octanol–water partition coefficient (Wildman–Crippen LogP) is 1.61. The molecule has 0 aliphatic heterocycles. The molecular formula is C9H18O3. The zero-order valence-corrected chi connectivity index (χ0v) is 8.13. The summed E-state index contributed by atoms with van der Waals surface area (Å²) in [5.74, 6) is 0.341. The molecule has 0 N–H and O–H groups in total. The first-order valence-electron chi connectivity index (χ1n) is 4.40. The van der Waals surface area contributed by atoms with Crippen LogP contribution in [0.1, 0.15) is 27.2 Å². The molecule has 3 heteroatoms. The number of hydrogen-bond donors (Lipinski definition) is 0. The summed E-state index contributed by atoms with van der Waals surface area (Å²) in [6, 6.07) is 0. The van der Waals surface area contributed by atoms with Gasteiger partial charge in [0.2, 0.25) is 0 Å². The second-order valence-electron chi connectivity index (χ2n) is 3.02. The first-order valence-corrected chi connectivity index (χ1v) is 4.40. The highest BCUT2D eigenvalue weighted by molar-refractivity contribution is 5.69. The fourth-order valence-corrected chi connectivity index (χ4v) is 0.708. The van der Waals surface area contributed by atoms with Gasteiger partial charge >= 0.3 is 5.97 Å². The van der Waals surface area contributed by atoms with E-state index < -0.39 is 0 Å². The normalized spacial score (nSPS) is 10.3. The average molecular weight is 174 g/mol. The molecule has 0 saturated carbocycles. The second kappa shape index (κ2) is 7.10. The number of carbonyl (C=O) groups is 1. The molecule has 0 aromatic heterocycles. The van der Waals surface area contributed by atoms with Crippen LogP contribution in [-0.2, 0) is 14.3 Å². The lowest BCUT2D eigenvalue weighted by atomic mass is 10.2. The van der Waals surface area contributed by atoms with Crippen LogP contribution in [0, 0.1) is 5.92 Å². The minimum Gasteiger partial charge on any atom is -0.466 e. The van der Waals surface area contributed by atoms with Gasteiger partial charge in [0.15, 0.2) is 0 Å². The lowest BCUT2D eigenvalue weighted by molar-refractivity contribution is -0.144. The quantitative estimate of drug-likeness (QED) is 0.453. The van der Waals surface area contributed by atoms with Crippen molar-refractivity contribution in [3.63, 3.8) is 0 Å². The molecule has 72 valence electrons. The molecule has 0 saturated heterocycles. The molecule has 0 amide bonds. The van der Waals surface area contributed by atoms with Gasteiger partial charge in [0.05, 0.1) is 19.6 Å². The van der Waals surface area contributed by atoms with Crippen molar-refractivity contribution in [2.24, 2.45) is 5.92 Å². The number of ether oxygens (including phenoxy) is 2. The fourth-order valence-electron chi connectivity index (χ4n) is 0.708. The minimum absolute atomic E-state index is 0.179.